The number of nitrogens with two attached hydrogens (primary N) is 1. The number of rotatable bonds is 3. The third kappa shape index (κ3) is 3.22. The van der Waals surface area contributed by atoms with Gasteiger partial charge in [-0.2, -0.15) is 0 Å². The summed E-state index contributed by atoms with van der Waals surface area (Å²) in [5.41, 5.74) is 9.02. The van der Waals surface area contributed by atoms with Crippen molar-refractivity contribution in [3.8, 4) is 0 Å². The Bertz CT molecular complexity index is 674. The smallest absolute Gasteiger partial charge is 0.287 e. The van der Waals surface area contributed by atoms with E-state index in [0.29, 0.717) is 12.3 Å². The molecule has 4 nitrogen and oxygen atoms in total. The van der Waals surface area contributed by atoms with Crippen LogP contribution in [0, 0.1) is 20.8 Å². The van der Waals surface area contributed by atoms with Gasteiger partial charge in [-0.25, -0.2) is 0 Å². The van der Waals surface area contributed by atoms with E-state index in [0.717, 1.165) is 27.7 Å². The highest BCUT2D eigenvalue weighted by molar-refractivity contribution is 6.00. The molecule has 0 saturated carbocycles. The van der Waals surface area contributed by atoms with Gasteiger partial charge >= 0.3 is 0 Å². The predicted octanol–water partition coefficient (Wildman–Crippen LogP) is 3.25. The second-order valence-corrected chi connectivity index (χ2v) is 6.00. The maximum Gasteiger partial charge on any atom is 0.287 e. The summed E-state index contributed by atoms with van der Waals surface area (Å²) in [5.74, 6) is 0.159. The lowest BCUT2D eigenvalue weighted by Crippen LogP contribution is -2.48. The summed E-state index contributed by atoms with van der Waals surface area (Å²) >= 11 is 0. The van der Waals surface area contributed by atoms with Crippen molar-refractivity contribution in [2.45, 2.75) is 40.2 Å². The van der Waals surface area contributed by atoms with E-state index in [4.69, 9.17) is 10.2 Å². The Morgan fingerprint density at radius 3 is 2.33 bits per heavy atom. The SMILES string of the molecule is Cc1ccc(C)c2c(C)c(C(=O)NC(C)(C)CN)oc12.Cl. The lowest BCUT2D eigenvalue weighted by molar-refractivity contribution is 0.0888. The molecule has 0 fully saturated rings. The van der Waals surface area contributed by atoms with Gasteiger partial charge in [-0.1, -0.05) is 12.1 Å². The molecule has 116 valence electrons. The molecule has 0 unspecified atom stereocenters. The van der Waals surface area contributed by atoms with E-state index < -0.39 is 5.54 Å². The first kappa shape index (κ1) is 17.5. The molecule has 0 aliphatic heterocycles. The van der Waals surface area contributed by atoms with Gasteiger partial charge in [-0.3, -0.25) is 4.79 Å². The minimum atomic E-state index is -0.452. The van der Waals surface area contributed by atoms with Crippen LogP contribution < -0.4 is 11.1 Å². The van der Waals surface area contributed by atoms with Crippen molar-refractivity contribution in [1.29, 1.82) is 0 Å². The largest absolute Gasteiger partial charge is 0.450 e. The van der Waals surface area contributed by atoms with E-state index in [2.05, 4.69) is 5.32 Å². The van der Waals surface area contributed by atoms with Crippen LogP contribution in [-0.4, -0.2) is 18.0 Å². The predicted molar refractivity (Wildman–Crippen MR) is 88.3 cm³/mol. The molecular weight excluding hydrogens is 288 g/mol. The lowest BCUT2D eigenvalue weighted by Gasteiger charge is -2.23. The van der Waals surface area contributed by atoms with Gasteiger partial charge in [-0.05, 0) is 45.7 Å². The molecule has 0 radical (unpaired) electrons. The van der Waals surface area contributed by atoms with Gasteiger partial charge in [0.1, 0.15) is 5.58 Å². The van der Waals surface area contributed by atoms with E-state index in [-0.39, 0.29) is 18.3 Å². The number of hydrogen-bond acceptors (Lipinski definition) is 3. The van der Waals surface area contributed by atoms with Crippen LogP contribution in [0.25, 0.3) is 11.0 Å². The molecule has 2 aromatic rings. The highest BCUT2D eigenvalue weighted by Gasteiger charge is 2.25. The Balaban J connectivity index is 0.00000220. The van der Waals surface area contributed by atoms with Gasteiger partial charge in [0.25, 0.3) is 5.91 Å². The van der Waals surface area contributed by atoms with Crippen molar-refractivity contribution < 1.29 is 9.21 Å². The second-order valence-electron chi connectivity index (χ2n) is 6.00. The average molecular weight is 311 g/mol. The van der Waals surface area contributed by atoms with Gasteiger partial charge in [0.2, 0.25) is 0 Å². The van der Waals surface area contributed by atoms with Crippen LogP contribution in [0.4, 0.5) is 0 Å². The Morgan fingerprint density at radius 2 is 1.81 bits per heavy atom. The van der Waals surface area contributed by atoms with Crippen molar-refractivity contribution in [3.05, 3.63) is 34.6 Å². The first-order chi connectivity index (χ1) is 9.26. The monoisotopic (exact) mass is 310 g/mol. The normalized spacial score (nSPS) is 11.3. The standard InChI is InChI=1S/C16H22N2O2.ClH/c1-9-6-7-10(2)13-12(9)11(3)14(20-13)15(19)18-16(4,5)8-17;/h6-7H,8,17H2,1-5H3,(H,18,19);1H. The molecule has 3 N–H and O–H groups in total. The molecule has 0 bridgehead atoms. The third-order valence-corrected chi connectivity index (χ3v) is 3.65. The van der Waals surface area contributed by atoms with Crippen LogP contribution in [0.1, 0.15) is 41.1 Å². The number of fused-ring (bicyclic) bond motifs is 1. The average Bonchev–Trinajstić information content (AvgIpc) is 2.73. The van der Waals surface area contributed by atoms with E-state index in [1.165, 1.54) is 0 Å². The van der Waals surface area contributed by atoms with Crippen LogP contribution in [0.2, 0.25) is 0 Å². The number of benzene rings is 1. The van der Waals surface area contributed by atoms with Gasteiger partial charge in [0, 0.05) is 23.0 Å². The van der Waals surface area contributed by atoms with Gasteiger partial charge in [0.15, 0.2) is 5.76 Å². The number of aryl methyl sites for hydroxylation is 3. The van der Waals surface area contributed by atoms with Crippen molar-refractivity contribution in [2.75, 3.05) is 6.54 Å². The van der Waals surface area contributed by atoms with Crippen LogP contribution in [0.3, 0.4) is 0 Å². The first-order valence-corrected chi connectivity index (χ1v) is 6.78. The Hall–Kier alpha value is -1.52. The topological polar surface area (TPSA) is 68.3 Å². The summed E-state index contributed by atoms with van der Waals surface area (Å²) in [7, 11) is 0. The maximum atomic E-state index is 12.4. The summed E-state index contributed by atoms with van der Waals surface area (Å²) in [6.45, 7) is 10.1. The minimum Gasteiger partial charge on any atom is -0.450 e. The molecular formula is C16H23ClN2O2. The zero-order valence-corrected chi connectivity index (χ0v) is 14.0. The van der Waals surface area contributed by atoms with E-state index in [9.17, 15) is 4.79 Å². The van der Waals surface area contributed by atoms with E-state index >= 15 is 0 Å². The van der Waals surface area contributed by atoms with Crippen LogP contribution in [-0.2, 0) is 0 Å². The molecule has 1 amide bonds. The van der Waals surface area contributed by atoms with Gasteiger partial charge in [0.05, 0.1) is 0 Å². The highest BCUT2D eigenvalue weighted by atomic mass is 35.5. The molecule has 0 aliphatic rings. The molecule has 1 heterocycles. The molecule has 0 aliphatic carbocycles. The fraction of sp³-hybridized carbons (Fsp3) is 0.438. The van der Waals surface area contributed by atoms with Crippen LogP contribution >= 0.6 is 12.4 Å². The van der Waals surface area contributed by atoms with Crippen molar-refractivity contribution in [3.63, 3.8) is 0 Å². The quantitative estimate of drug-likeness (QED) is 0.914. The molecule has 0 atom stereocenters. The first-order valence-electron chi connectivity index (χ1n) is 6.78. The Kier molecular flexibility index (Phi) is 5.07. The van der Waals surface area contributed by atoms with Gasteiger partial charge < -0.3 is 15.5 Å². The van der Waals surface area contributed by atoms with E-state index in [1.807, 2.05) is 46.8 Å². The molecule has 21 heavy (non-hydrogen) atoms. The third-order valence-electron chi connectivity index (χ3n) is 3.65. The van der Waals surface area contributed by atoms with Gasteiger partial charge in [-0.15, -0.1) is 12.4 Å². The zero-order chi connectivity index (χ0) is 15.1. The number of halogens is 1. The Labute approximate surface area is 131 Å². The number of nitrogens with one attached hydrogen (secondary N) is 1. The minimum absolute atomic E-state index is 0. The molecule has 0 spiro atoms. The number of amides is 1. The molecule has 1 aromatic carbocycles. The molecule has 1 aromatic heterocycles. The fourth-order valence-electron chi connectivity index (χ4n) is 2.31. The summed E-state index contributed by atoms with van der Waals surface area (Å²) in [4.78, 5) is 12.4. The molecule has 5 heteroatoms. The fourth-order valence-corrected chi connectivity index (χ4v) is 2.31. The number of hydrogen-bond donors (Lipinski definition) is 2. The van der Waals surface area contributed by atoms with Crippen molar-refractivity contribution in [1.82, 2.24) is 5.32 Å². The summed E-state index contributed by atoms with van der Waals surface area (Å²) in [5, 5.41) is 3.93. The number of furan rings is 1. The maximum absolute atomic E-state index is 12.4. The Morgan fingerprint density at radius 1 is 1.24 bits per heavy atom. The number of carbonyl (C=O) groups is 1. The zero-order valence-electron chi connectivity index (χ0n) is 13.2. The molecule has 0 saturated heterocycles. The van der Waals surface area contributed by atoms with Crippen LogP contribution in [0.5, 0.6) is 0 Å². The summed E-state index contributed by atoms with van der Waals surface area (Å²) < 4.78 is 5.81. The summed E-state index contributed by atoms with van der Waals surface area (Å²) in [6.07, 6.45) is 0. The van der Waals surface area contributed by atoms with Crippen LogP contribution in [0.15, 0.2) is 16.5 Å². The number of carbonyl (C=O) groups excluding carboxylic acids is 1. The summed E-state index contributed by atoms with van der Waals surface area (Å²) in [6, 6.07) is 4.05. The van der Waals surface area contributed by atoms with E-state index in [1.54, 1.807) is 0 Å². The molecule has 2 rings (SSSR count). The highest BCUT2D eigenvalue weighted by Crippen LogP contribution is 2.30. The lowest BCUT2D eigenvalue weighted by atomic mass is 10.0. The van der Waals surface area contributed by atoms with Crippen molar-refractivity contribution >= 4 is 29.3 Å². The van der Waals surface area contributed by atoms with Crippen molar-refractivity contribution in [2.24, 2.45) is 5.73 Å². The second kappa shape index (κ2) is 6.08.